The minimum absolute atomic E-state index is 0. The normalized spacial score (nSPS) is 14.0. The van der Waals surface area contributed by atoms with Crippen LogP contribution in [0, 0.1) is 57.3 Å². The van der Waals surface area contributed by atoms with Gasteiger partial charge in [-0.2, -0.15) is 28.4 Å². The Hall–Kier alpha value is -5.77. The number of methoxy groups -OCH3 is 2. The van der Waals surface area contributed by atoms with Crippen LogP contribution in [0.15, 0.2) is 60.7 Å². The molecule has 109 heavy (non-hydrogen) atoms. The van der Waals surface area contributed by atoms with Crippen LogP contribution in [-0.4, -0.2) is 196 Å². The maximum absolute atomic E-state index is 13.8. The molecule has 0 atom stereocenters. The van der Waals surface area contributed by atoms with Crippen LogP contribution in [0.5, 0.6) is 23.0 Å². The number of nitrogens with zero attached hydrogens (tertiary/aromatic N) is 8. The minimum Gasteiger partial charge on any atom is -1.00 e. The van der Waals surface area contributed by atoms with E-state index in [9.17, 15) is 31.9 Å². The summed E-state index contributed by atoms with van der Waals surface area (Å²) in [5.41, 5.74) is 31.7. The monoisotopic (exact) mass is 1640 g/mol. The average molecular weight is 1640 g/mol. The first-order chi connectivity index (χ1) is 51.1. The fourth-order valence-electron chi connectivity index (χ4n) is 10.7. The summed E-state index contributed by atoms with van der Waals surface area (Å²) in [6, 6.07) is 21.7. The van der Waals surface area contributed by atoms with Gasteiger partial charge < -0.3 is 112 Å². The zero-order valence-corrected chi connectivity index (χ0v) is 72.9. The van der Waals surface area contributed by atoms with E-state index < -0.39 is 40.6 Å². The summed E-state index contributed by atoms with van der Waals surface area (Å²) in [5.74, 6) is -2.04. The molecule has 0 bridgehead atoms. The number of nitrogen functional groups attached to an aromatic ring is 2. The van der Waals surface area contributed by atoms with Crippen LogP contribution in [-0.2, 0) is 38.2 Å². The van der Waals surface area contributed by atoms with Crippen molar-refractivity contribution < 1.29 is 228 Å². The van der Waals surface area contributed by atoms with Crippen molar-refractivity contribution in [2.45, 2.75) is 20.8 Å². The number of anilines is 7. The van der Waals surface area contributed by atoms with Crippen molar-refractivity contribution in [2.24, 2.45) is 17.2 Å². The number of benzene rings is 5. The third kappa shape index (κ3) is 29.9. The SMILES string of the molecule is CCOc1cc(N2CCOCC2)cc(F)c1C#N.CCOc1cc(N2CCOCC2)cc2sc(C(N)=O)c(N)c12.CC[O-].COc1cc(N2CCOCC2)cc(F)c1C#N.COc1cc(N2CCOCC2)cc2sc(C(N)=O)c(N)c12.N#Cc1c(F)cc(N2CCOCC2)cc1F.NC(=O)CS.O=CO[O-].[H-].[K+].[K+].[Na+]. The molecule has 576 valence electrons. The first-order valence-corrected chi connectivity index (χ1v) is 35.2. The molecule has 0 aliphatic carbocycles. The van der Waals surface area contributed by atoms with E-state index in [0.29, 0.717) is 150 Å². The predicted molar refractivity (Wildman–Crippen MR) is 395 cm³/mol. The van der Waals surface area contributed by atoms with E-state index in [1.807, 2.05) is 52.0 Å². The number of morpholine rings is 5. The number of halogens is 4. The number of carbonyl (C=O) groups is 4. The fourth-order valence-corrected chi connectivity index (χ4v) is 12.7. The second-order valence-corrected chi connectivity index (χ2v) is 24.6. The van der Waals surface area contributed by atoms with E-state index in [-0.39, 0.29) is 175 Å². The summed E-state index contributed by atoms with van der Waals surface area (Å²) in [4.78, 5) is 54.9. The molecule has 0 saturated carbocycles. The molecule has 2 aromatic heterocycles. The van der Waals surface area contributed by atoms with Gasteiger partial charge in [-0.1, -0.05) is 6.92 Å². The molecular formula is C70H86F4K2N13NaO16S3. The third-order valence-electron chi connectivity index (χ3n) is 15.6. The van der Waals surface area contributed by atoms with Gasteiger partial charge in [0, 0.05) is 128 Å². The summed E-state index contributed by atoms with van der Waals surface area (Å²) in [6.07, 6.45) is 0. The number of hydrogen-bond donors (Lipinski definition) is 6. The molecule has 39 heteroatoms. The number of carbonyl (C=O) groups excluding carboxylic acids is 4. The van der Waals surface area contributed by atoms with Gasteiger partial charge in [0.1, 0.15) is 90.9 Å². The van der Waals surface area contributed by atoms with Gasteiger partial charge in [-0.05, 0) is 50.2 Å². The maximum Gasteiger partial charge on any atom is 1.00 e. The molecule has 5 aliphatic rings. The Morgan fingerprint density at radius 1 is 0.514 bits per heavy atom. The van der Waals surface area contributed by atoms with Crippen LogP contribution in [0.25, 0.3) is 20.2 Å². The Labute approximate surface area is 751 Å². The van der Waals surface area contributed by atoms with E-state index >= 15 is 0 Å². The molecule has 5 aromatic carbocycles. The standard InChI is InChI=1S/C15H19N3O3S.C14H17N3O3S.C13H15FN2O2.C12H13FN2O2.C11H10F2N2O.C2H5NOS.C2H5O.CH2O3.2K.Na.H/c1-2-21-10-7-9(18-3-5-20-6-4-18)8-11-12(10)13(16)14(22-11)15(17)19;1-19-9-6-8(17-2-4-20-5-3-17)7-10-11(9)12(15)13(21-10)14(16)18;1-2-18-13-8-10(7-12(14)11(13)9-15)16-3-5-17-6-4-16;1-16-12-7-9(6-11(13)10(12)8-14)15-2-4-17-5-3-15;12-10-5-8(6-11(13)9(10)7-14)15-1-3-16-4-2-15;3-2(4)1-5;1-2-3;2-1-4-3;;;;/h7-8H,2-6,16H2,1H3,(H2,17,19);6-7H,2-5,15H2,1H3,(H2,16,18);7-8H,2-6H2,1H3;6-7H,2-5H2,1H3;5-6H,1-4H2;5H,1H2,(H2,3,4);2H2,1H3;1,3H;;;;/q;;;;;;-1;;3*+1;-1/p-1. The largest absolute Gasteiger partial charge is 1.00 e. The van der Waals surface area contributed by atoms with Gasteiger partial charge in [0.15, 0.2) is 0 Å². The molecular weight excluding hydrogens is 1550 g/mol. The van der Waals surface area contributed by atoms with Crippen LogP contribution in [0.4, 0.5) is 57.4 Å². The molecule has 29 nitrogen and oxygen atoms in total. The Morgan fingerprint density at radius 2 is 0.761 bits per heavy atom. The van der Waals surface area contributed by atoms with Crippen molar-refractivity contribution in [1.29, 1.82) is 15.8 Å². The predicted octanol–water partition coefficient (Wildman–Crippen LogP) is -3.28. The number of amides is 3. The number of rotatable bonds is 15. The molecule has 3 amide bonds. The smallest absolute Gasteiger partial charge is 1.00 e. The van der Waals surface area contributed by atoms with Crippen LogP contribution in [0.1, 0.15) is 58.2 Å². The van der Waals surface area contributed by atoms with Gasteiger partial charge in [-0.3, -0.25) is 19.2 Å². The van der Waals surface area contributed by atoms with Crippen molar-refractivity contribution in [3.8, 4) is 41.2 Å². The average Bonchev–Trinajstić information content (AvgIpc) is 1.62. The van der Waals surface area contributed by atoms with Crippen LogP contribution < -0.4 is 215 Å². The van der Waals surface area contributed by atoms with E-state index in [1.54, 1.807) is 39.2 Å². The minimum atomic E-state index is -0.816. The van der Waals surface area contributed by atoms with Crippen molar-refractivity contribution in [3.63, 3.8) is 0 Å². The van der Waals surface area contributed by atoms with Crippen LogP contribution in [0.3, 0.4) is 0 Å². The number of fused-ring (bicyclic) bond motifs is 2. The number of thiophene rings is 2. The van der Waals surface area contributed by atoms with E-state index in [4.69, 9.17) is 96.5 Å². The molecule has 5 aliphatic heterocycles. The first kappa shape index (κ1) is 99.3. The van der Waals surface area contributed by atoms with Crippen molar-refractivity contribution >= 4 is 119 Å². The Balaban J connectivity index is 0.000000658. The number of thiol groups is 1. The fraction of sp³-hybridized carbons (Fsp3) is 0.414. The third-order valence-corrected chi connectivity index (χ3v) is 18.2. The van der Waals surface area contributed by atoms with E-state index in [0.717, 1.165) is 82.2 Å². The van der Waals surface area contributed by atoms with Gasteiger partial charge in [-0.15, -0.1) is 29.3 Å². The van der Waals surface area contributed by atoms with Crippen molar-refractivity contribution in [2.75, 3.05) is 207 Å². The second-order valence-electron chi connectivity index (χ2n) is 22.2. The zero-order chi connectivity index (χ0) is 77.8. The maximum atomic E-state index is 13.8. The zero-order valence-electron chi connectivity index (χ0n) is 63.1. The molecule has 0 unspecified atom stereocenters. The number of ether oxygens (including phenoxy) is 9. The number of nitriles is 3. The second kappa shape index (κ2) is 53.3. The van der Waals surface area contributed by atoms with Gasteiger partial charge in [0.25, 0.3) is 18.3 Å². The van der Waals surface area contributed by atoms with Crippen molar-refractivity contribution in [3.05, 3.63) is 110 Å². The topological polar surface area (TPSA) is 424 Å². The first-order valence-electron chi connectivity index (χ1n) is 32.9. The Kier molecular flexibility index (Phi) is 48.5. The Bertz CT molecular complexity index is 4160. The number of hydrogen-bond acceptors (Lipinski definition) is 29. The van der Waals surface area contributed by atoms with Gasteiger partial charge in [0.2, 0.25) is 5.91 Å². The van der Waals surface area contributed by atoms with Gasteiger partial charge in [-0.25, -0.2) is 17.6 Å². The molecule has 7 aromatic rings. The molecule has 0 radical (unpaired) electrons. The summed E-state index contributed by atoms with van der Waals surface area (Å²) < 4.78 is 104. The van der Waals surface area contributed by atoms with Crippen LogP contribution in [0.2, 0.25) is 0 Å². The summed E-state index contributed by atoms with van der Waals surface area (Å²) in [5, 5.41) is 45.2. The molecule has 0 spiro atoms. The summed E-state index contributed by atoms with van der Waals surface area (Å²) in [6.45, 7) is 19.9. The number of primary amides is 3. The Morgan fingerprint density at radius 3 is 1.04 bits per heavy atom. The molecule has 12 rings (SSSR count). The van der Waals surface area contributed by atoms with Crippen LogP contribution >= 0.6 is 35.3 Å². The van der Waals surface area contributed by atoms with Crippen molar-refractivity contribution in [1.82, 2.24) is 0 Å². The van der Waals surface area contributed by atoms with E-state index in [1.165, 1.54) is 60.1 Å². The molecule has 7 heterocycles. The van der Waals surface area contributed by atoms with E-state index in [2.05, 4.69) is 33.0 Å². The van der Waals surface area contributed by atoms with Gasteiger partial charge >= 0.3 is 132 Å². The molecule has 5 fully saturated rings. The summed E-state index contributed by atoms with van der Waals surface area (Å²) >= 11 is 6.16. The quantitative estimate of drug-likeness (QED) is 0.0146. The number of nitrogens with two attached hydrogens (primary N) is 5. The molecule has 10 N–H and O–H groups in total. The van der Waals surface area contributed by atoms with Gasteiger partial charge in [0.05, 0.1) is 121 Å². The molecule has 5 saturated heterocycles. The summed E-state index contributed by atoms with van der Waals surface area (Å²) in [7, 11) is 3.03.